The lowest BCUT2D eigenvalue weighted by Crippen LogP contribution is -2.12. The van der Waals surface area contributed by atoms with Crippen molar-refractivity contribution in [3.8, 4) is 0 Å². The summed E-state index contributed by atoms with van der Waals surface area (Å²) < 4.78 is 0. The smallest absolute Gasteiger partial charge is 0.258 e. The van der Waals surface area contributed by atoms with Gasteiger partial charge in [0, 0.05) is 16.3 Å². The Bertz CT molecular complexity index is 577. The third-order valence-corrected chi connectivity index (χ3v) is 4.91. The first kappa shape index (κ1) is 13.2. The Morgan fingerprint density at radius 3 is 2.85 bits per heavy atom. The summed E-state index contributed by atoms with van der Waals surface area (Å²) in [5.41, 5.74) is 1.43. The molecular weight excluding hydrogens is 270 g/mol. The van der Waals surface area contributed by atoms with Gasteiger partial charge in [0.05, 0.1) is 17.4 Å². The third-order valence-electron chi connectivity index (χ3n) is 3.49. The van der Waals surface area contributed by atoms with Gasteiger partial charge in [-0.15, -0.1) is 11.8 Å². The molecule has 104 valence electrons. The largest absolute Gasteiger partial charge is 0.321 e. The Morgan fingerprint density at radius 1 is 1.30 bits per heavy atom. The first-order chi connectivity index (χ1) is 9.83. The number of H-pyrrole nitrogens is 1. The number of hydrogen-bond acceptors (Lipinski definition) is 3. The standard InChI is InChI=1S/C15H17N3OS/c19-15(11-9-16-17-10-11)18-13-7-3-4-8-14(13)20-12-5-1-2-6-12/h3-4,7-10,12H,1-2,5-6H2,(H,16,17)(H,18,19). The molecule has 0 unspecified atom stereocenters. The van der Waals surface area contributed by atoms with Crippen LogP contribution < -0.4 is 5.32 Å². The van der Waals surface area contributed by atoms with Gasteiger partial charge in [-0.1, -0.05) is 25.0 Å². The maximum atomic E-state index is 12.1. The van der Waals surface area contributed by atoms with E-state index in [9.17, 15) is 4.79 Å². The molecule has 1 aromatic carbocycles. The molecule has 0 spiro atoms. The number of nitrogens with one attached hydrogen (secondary N) is 2. The molecule has 1 heterocycles. The number of amides is 1. The number of carbonyl (C=O) groups is 1. The molecule has 5 heteroatoms. The molecular formula is C15H17N3OS. The van der Waals surface area contributed by atoms with Crippen LogP contribution in [0.4, 0.5) is 5.69 Å². The van der Waals surface area contributed by atoms with E-state index in [1.54, 1.807) is 6.20 Å². The number of thioether (sulfide) groups is 1. The zero-order chi connectivity index (χ0) is 13.8. The molecule has 1 aliphatic carbocycles. The molecule has 0 saturated heterocycles. The molecule has 4 nitrogen and oxygen atoms in total. The second-order valence-corrected chi connectivity index (χ2v) is 6.30. The fourth-order valence-electron chi connectivity index (χ4n) is 2.43. The number of aromatic nitrogens is 2. The summed E-state index contributed by atoms with van der Waals surface area (Å²) in [6.45, 7) is 0. The van der Waals surface area contributed by atoms with Crippen molar-refractivity contribution in [2.75, 3.05) is 5.32 Å². The lowest BCUT2D eigenvalue weighted by Gasteiger charge is -2.13. The Labute approximate surface area is 122 Å². The number of carbonyl (C=O) groups excluding carboxylic acids is 1. The molecule has 1 aliphatic rings. The number of anilines is 1. The van der Waals surface area contributed by atoms with Crippen LogP contribution in [0.3, 0.4) is 0 Å². The Kier molecular flexibility index (Phi) is 4.06. The molecule has 3 rings (SSSR count). The second-order valence-electron chi connectivity index (χ2n) is 4.96. The highest BCUT2D eigenvalue weighted by atomic mass is 32.2. The van der Waals surface area contributed by atoms with Crippen LogP contribution in [0.25, 0.3) is 0 Å². The number of hydrogen-bond donors (Lipinski definition) is 2. The van der Waals surface area contributed by atoms with Crippen molar-refractivity contribution >= 4 is 23.4 Å². The molecule has 1 saturated carbocycles. The maximum Gasteiger partial charge on any atom is 0.258 e. The van der Waals surface area contributed by atoms with Crippen LogP contribution in [-0.2, 0) is 0 Å². The molecule has 1 amide bonds. The normalized spacial score (nSPS) is 15.4. The Balaban J connectivity index is 1.73. The third kappa shape index (κ3) is 3.04. The number of aromatic amines is 1. The molecule has 1 aromatic heterocycles. The van der Waals surface area contributed by atoms with E-state index < -0.39 is 0 Å². The van der Waals surface area contributed by atoms with Gasteiger partial charge in [0.15, 0.2) is 0 Å². The van der Waals surface area contributed by atoms with Crippen LogP contribution in [0.2, 0.25) is 0 Å². The van der Waals surface area contributed by atoms with Crippen LogP contribution in [0.5, 0.6) is 0 Å². The van der Waals surface area contributed by atoms with E-state index in [-0.39, 0.29) is 5.91 Å². The fourth-order valence-corrected chi connectivity index (χ4v) is 3.76. The summed E-state index contributed by atoms with van der Waals surface area (Å²) in [6, 6.07) is 8.00. The fraction of sp³-hybridized carbons (Fsp3) is 0.333. The zero-order valence-electron chi connectivity index (χ0n) is 11.1. The predicted octanol–water partition coefficient (Wildman–Crippen LogP) is 3.70. The van der Waals surface area contributed by atoms with E-state index in [0.717, 1.165) is 10.6 Å². The van der Waals surface area contributed by atoms with Crippen molar-refractivity contribution in [3.63, 3.8) is 0 Å². The van der Waals surface area contributed by atoms with Crippen LogP contribution in [0.15, 0.2) is 41.6 Å². The summed E-state index contributed by atoms with van der Waals surface area (Å²) in [5.74, 6) is -0.127. The molecule has 0 atom stereocenters. The molecule has 20 heavy (non-hydrogen) atoms. The van der Waals surface area contributed by atoms with Crippen molar-refractivity contribution in [2.24, 2.45) is 0 Å². The minimum atomic E-state index is -0.127. The van der Waals surface area contributed by atoms with E-state index in [1.165, 1.54) is 31.9 Å². The summed E-state index contributed by atoms with van der Waals surface area (Å²) in [6.07, 6.45) is 8.32. The minimum absolute atomic E-state index is 0.127. The van der Waals surface area contributed by atoms with E-state index in [0.29, 0.717) is 10.8 Å². The highest BCUT2D eigenvalue weighted by molar-refractivity contribution is 8.00. The minimum Gasteiger partial charge on any atom is -0.321 e. The van der Waals surface area contributed by atoms with Crippen LogP contribution in [0, 0.1) is 0 Å². The molecule has 2 N–H and O–H groups in total. The predicted molar refractivity (Wildman–Crippen MR) is 81.1 cm³/mol. The summed E-state index contributed by atoms with van der Waals surface area (Å²) in [4.78, 5) is 13.2. The van der Waals surface area contributed by atoms with Gasteiger partial charge in [0.1, 0.15) is 0 Å². The van der Waals surface area contributed by atoms with Gasteiger partial charge in [-0.25, -0.2) is 0 Å². The van der Waals surface area contributed by atoms with Gasteiger partial charge < -0.3 is 5.32 Å². The van der Waals surface area contributed by atoms with E-state index >= 15 is 0 Å². The number of nitrogens with zero attached hydrogens (tertiary/aromatic N) is 1. The highest BCUT2D eigenvalue weighted by Crippen LogP contribution is 2.38. The number of para-hydroxylation sites is 1. The van der Waals surface area contributed by atoms with Gasteiger partial charge in [0.2, 0.25) is 0 Å². The van der Waals surface area contributed by atoms with Gasteiger partial charge in [-0.2, -0.15) is 5.10 Å². The first-order valence-electron chi connectivity index (χ1n) is 6.89. The second kappa shape index (κ2) is 6.13. The zero-order valence-corrected chi connectivity index (χ0v) is 12.0. The number of benzene rings is 1. The monoisotopic (exact) mass is 287 g/mol. The average molecular weight is 287 g/mol. The number of rotatable bonds is 4. The molecule has 0 bridgehead atoms. The van der Waals surface area contributed by atoms with Crippen molar-refractivity contribution < 1.29 is 4.79 Å². The molecule has 2 aromatic rings. The lowest BCUT2D eigenvalue weighted by atomic mass is 10.3. The van der Waals surface area contributed by atoms with Gasteiger partial charge in [-0.05, 0) is 25.0 Å². The highest BCUT2D eigenvalue weighted by Gasteiger charge is 2.18. The van der Waals surface area contributed by atoms with Crippen molar-refractivity contribution in [1.82, 2.24) is 10.2 Å². The summed E-state index contributed by atoms with van der Waals surface area (Å²) >= 11 is 1.88. The van der Waals surface area contributed by atoms with Gasteiger partial charge in [0.25, 0.3) is 5.91 Å². The molecule has 0 aliphatic heterocycles. The van der Waals surface area contributed by atoms with Crippen LogP contribution in [0.1, 0.15) is 36.0 Å². The molecule has 1 fully saturated rings. The van der Waals surface area contributed by atoms with E-state index in [4.69, 9.17) is 0 Å². The average Bonchev–Trinajstić information content (AvgIpc) is 3.13. The van der Waals surface area contributed by atoms with Gasteiger partial charge in [-0.3, -0.25) is 9.89 Å². The first-order valence-corrected chi connectivity index (χ1v) is 7.77. The summed E-state index contributed by atoms with van der Waals surface area (Å²) in [7, 11) is 0. The van der Waals surface area contributed by atoms with Crippen molar-refractivity contribution in [2.45, 2.75) is 35.8 Å². The summed E-state index contributed by atoms with van der Waals surface area (Å²) in [5, 5.41) is 10.1. The van der Waals surface area contributed by atoms with Gasteiger partial charge >= 0.3 is 0 Å². The Hall–Kier alpha value is -1.75. The lowest BCUT2D eigenvalue weighted by molar-refractivity contribution is 0.102. The van der Waals surface area contributed by atoms with Crippen molar-refractivity contribution in [3.05, 3.63) is 42.2 Å². The van der Waals surface area contributed by atoms with E-state index in [1.807, 2.05) is 30.0 Å². The SMILES string of the molecule is O=C(Nc1ccccc1SC1CCCC1)c1cn[nH]c1. The topological polar surface area (TPSA) is 57.8 Å². The van der Waals surface area contributed by atoms with E-state index in [2.05, 4.69) is 21.6 Å². The van der Waals surface area contributed by atoms with Crippen LogP contribution in [-0.4, -0.2) is 21.4 Å². The Morgan fingerprint density at radius 2 is 2.10 bits per heavy atom. The molecule has 0 radical (unpaired) electrons. The van der Waals surface area contributed by atoms with Crippen molar-refractivity contribution in [1.29, 1.82) is 0 Å². The van der Waals surface area contributed by atoms with Crippen LogP contribution >= 0.6 is 11.8 Å². The quantitative estimate of drug-likeness (QED) is 0.901. The maximum absolute atomic E-state index is 12.1.